The summed E-state index contributed by atoms with van der Waals surface area (Å²) >= 11 is 6.57. The lowest BCUT2D eigenvalue weighted by Gasteiger charge is -2.21. The van der Waals surface area contributed by atoms with Gasteiger partial charge in [-0.15, -0.1) is 5.11 Å². The second-order valence-corrected chi connectivity index (χ2v) is 6.93. The molecule has 26 heavy (non-hydrogen) atoms. The molecule has 0 aliphatic rings. The second-order valence-electron chi connectivity index (χ2n) is 5.22. The highest BCUT2D eigenvalue weighted by Crippen LogP contribution is 2.38. The highest BCUT2D eigenvalue weighted by Gasteiger charge is 2.13. The van der Waals surface area contributed by atoms with Crippen molar-refractivity contribution in [1.29, 1.82) is 5.26 Å². The molecule has 0 unspecified atom stereocenters. The van der Waals surface area contributed by atoms with Crippen LogP contribution in [0.3, 0.4) is 0 Å². The Kier molecular flexibility index (Phi) is 7.24. The first-order valence-corrected chi connectivity index (χ1v) is 9.32. The number of non-ortho nitro benzene ring substituents is 1. The molecule has 0 aromatic heterocycles. The third-order valence-electron chi connectivity index (χ3n) is 3.57. The zero-order valence-corrected chi connectivity index (χ0v) is 17.1. The molecule has 134 valence electrons. The van der Waals surface area contributed by atoms with E-state index in [-0.39, 0.29) is 5.69 Å². The number of benzene rings is 2. The van der Waals surface area contributed by atoms with Crippen molar-refractivity contribution < 1.29 is 4.92 Å². The smallest absolute Gasteiger partial charge is 0.271 e. The van der Waals surface area contributed by atoms with Crippen molar-refractivity contribution in [2.75, 3.05) is 18.0 Å². The van der Waals surface area contributed by atoms with E-state index in [0.29, 0.717) is 33.3 Å². The fourth-order valence-electron chi connectivity index (χ4n) is 2.25. The molecule has 7 nitrogen and oxygen atoms in total. The zero-order valence-electron chi connectivity index (χ0n) is 13.9. The molecule has 2 rings (SSSR count). The minimum Gasteiger partial charge on any atom is -0.371 e. The number of nitro benzene ring substituents is 1. The Morgan fingerprint density at radius 2 is 1.81 bits per heavy atom. The summed E-state index contributed by atoms with van der Waals surface area (Å²) in [6, 6.07) is 12.4. The van der Waals surface area contributed by atoms with E-state index in [1.165, 1.54) is 12.1 Å². The van der Waals surface area contributed by atoms with Crippen molar-refractivity contribution in [3.63, 3.8) is 0 Å². The molecule has 2 aromatic rings. The normalized spacial score (nSPS) is 10.7. The lowest BCUT2D eigenvalue weighted by atomic mass is 10.2. The predicted molar refractivity (Wildman–Crippen MR) is 107 cm³/mol. The van der Waals surface area contributed by atoms with Crippen LogP contribution in [0.2, 0.25) is 0 Å². The van der Waals surface area contributed by atoms with E-state index in [2.05, 4.69) is 53.1 Å². The topological polar surface area (TPSA) is 94.9 Å². The Labute approximate surface area is 167 Å². The van der Waals surface area contributed by atoms with Crippen LogP contribution < -0.4 is 4.90 Å². The minimum absolute atomic E-state index is 0.0379. The van der Waals surface area contributed by atoms with Crippen LogP contribution in [-0.4, -0.2) is 18.0 Å². The molecule has 0 N–H and O–H groups in total. The number of hydrogen-bond donors (Lipinski definition) is 0. The predicted octanol–water partition coefficient (Wildman–Crippen LogP) is 6.28. The van der Waals surface area contributed by atoms with Crippen LogP contribution in [0.15, 0.2) is 55.6 Å². The average molecular weight is 481 g/mol. The highest BCUT2D eigenvalue weighted by molar-refractivity contribution is 9.11. The molecule has 0 aliphatic heterocycles. The Morgan fingerprint density at radius 3 is 2.31 bits per heavy atom. The maximum absolute atomic E-state index is 10.9. The minimum atomic E-state index is -0.471. The number of nitriles is 1. The first-order valence-electron chi connectivity index (χ1n) is 7.73. The van der Waals surface area contributed by atoms with Crippen molar-refractivity contribution in [1.82, 2.24) is 0 Å². The fourth-order valence-corrected chi connectivity index (χ4v) is 3.57. The van der Waals surface area contributed by atoms with E-state index < -0.39 is 4.92 Å². The third-order valence-corrected chi connectivity index (χ3v) is 4.78. The standard InChI is InChI=1S/C17H15Br2N5O2/c1-2-23(9-3-8-20)13-6-4-12(5-7-13)21-22-17-15(18)10-14(24(25)26)11-16(17)19/h4-7,10-11H,2-3,9H2,1H3/b22-21+. The van der Waals surface area contributed by atoms with Gasteiger partial charge in [0.15, 0.2) is 0 Å². The van der Waals surface area contributed by atoms with Gasteiger partial charge in [-0.3, -0.25) is 10.1 Å². The summed E-state index contributed by atoms with van der Waals surface area (Å²) in [6.07, 6.45) is 0.470. The molecule has 0 amide bonds. The molecular weight excluding hydrogens is 466 g/mol. The van der Waals surface area contributed by atoms with E-state index in [9.17, 15) is 10.1 Å². The summed E-state index contributed by atoms with van der Waals surface area (Å²) < 4.78 is 0.959. The molecule has 0 fully saturated rings. The Bertz CT molecular complexity index is 839. The van der Waals surface area contributed by atoms with Gasteiger partial charge in [0.2, 0.25) is 0 Å². The maximum Gasteiger partial charge on any atom is 0.271 e. The van der Waals surface area contributed by atoms with Crippen LogP contribution in [0.25, 0.3) is 0 Å². The monoisotopic (exact) mass is 479 g/mol. The molecule has 0 aliphatic carbocycles. The van der Waals surface area contributed by atoms with E-state index in [0.717, 1.165) is 12.2 Å². The summed E-state index contributed by atoms with van der Waals surface area (Å²) in [5, 5.41) is 27.9. The quantitative estimate of drug-likeness (QED) is 0.265. The van der Waals surface area contributed by atoms with Crippen molar-refractivity contribution in [2.24, 2.45) is 10.2 Å². The highest BCUT2D eigenvalue weighted by atomic mass is 79.9. The number of nitro groups is 1. The van der Waals surface area contributed by atoms with Crippen LogP contribution in [0.5, 0.6) is 0 Å². The first-order chi connectivity index (χ1) is 12.5. The first kappa shape index (κ1) is 20.0. The number of rotatable bonds is 7. The molecule has 0 saturated heterocycles. The lowest BCUT2D eigenvalue weighted by Crippen LogP contribution is -2.23. The largest absolute Gasteiger partial charge is 0.371 e. The van der Waals surface area contributed by atoms with E-state index in [1.807, 2.05) is 31.2 Å². The SMILES string of the molecule is CCN(CCC#N)c1ccc(/N=N/c2c(Br)cc([N+](=O)[O-])cc2Br)cc1. The van der Waals surface area contributed by atoms with Crippen LogP contribution >= 0.6 is 31.9 Å². The summed E-state index contributed by atoms with van der Waals surface area (Å²) in [5.74, 6) is 0. The van der Waals surface area contributed by atoms with Crippen molar-refractivity contribution in [3.05, 3.63) is 55.5 Å². The van der Waals surface area contributed by atoms with Crippen LogP contribution in [0.1, 0.15) is 13.3 Å². The Morgan fingerprint density at radius 1 is 1.19 bits per heavy atom. The van der Waals surface area contributed by atoms with Gasteiger partial charge in [0.05, 0.1) is 32.0 Å². The van der Waals surface area contributed by atoms with E-state index in [1.54, 1.807) is 0 Å². The van der Waals surface area contributed by atoms with Crippen LogP contribution in [0.4, 0.5) is 22.7 Å². The van der Waals surface area contributed by atoms with Gasteiger partial charge in [-0.1, -0.05) is 0 Å². The van der Waals surface area contributed by atoms with Gasteiger partial charge >= 0.3 is 0 Å². The molecule has 0 spiro atoms. The number of anilines is 1. The summed E-state index contributed by atoms with van der Waals surface area (Å²) in [7, 11) is 0. The van der Waals surface area contributed by atoms with Crippen molar-refractivity contribution in [3.8, 4) is 6.07 Å². The maximum atomic E-state index is 10.9. The Hall–Kier alpha value is -2.31. The summed E-state index contributed by atoms with van der Waals surface area (Å²) in [6.45, 7) is 3.52. The molecule has 9 heteroatoms. The van der Waals surface area contributed by atoms with Gasteiger partial charge in [0.1, 0.15) is 5.69 Å². The van der Waals surface area contributed by atoms with E-state index >= 15 is 0 Å². The molecule has 0 bridgehead atoms. The van der Waals surface area contributed by atoms with Crippen molar-refractivity contribution in [2.45, 2.75) is 13.3 Å². The van der Waals surface area contributed by atoms with Gasteiger partial charge in [0, 0.05) is 30.9 Å². The van der Waals surface area contributed by atoms with Gasteiger partial charge in [-0.2, -0.15) is 10.4 Å². The molecule has 0 atom stereocenters. The Balaban J connectivity index is 2.19. The molecular formula is C17H15Br2N5O2. The number of halogens is 2. The molecule has 0 radical (unpaired) electrons. The third kappa shape index (κ3) is 5.09. The summed E-state index contributed by atoms with van der Waals surface area (Å²) in [5.41, 5.74) is 2.11. The van der Waals surface area contributed by atoms with Gasteiger partial charge in [0.25, 0.3) is 5.69 Å². The van der Waals surface area contributed by atoms with Gasteiger partial charge < -0.3 is 4.90 Å². The molecule has 0 heterocycles. The van der Waals surface area contributed by atoms with E-state index in [4.69, 9.17) is 5.26 Å². The fraction of sp³-hybridized carbons (Fsp3) is 0.235. The average Bonchev–Trinajstić information content (AvgIpc) is 2.62. The lowest BCUT2D eigenvalue weighted by molar-refractivity contribution is -0.385. The van der Waals surface area contributed by atoms with Gasteiger partial charge in [-0.05, 0) is 63.0 Å². The number of nitrogens with zero attached hydrogens (tertiary/aromatic N) is 5. The van der Waals surface area contributed by atoms with Crippen molar-refractivity contribution >= 4 is 54.6 Å². The second kappa shape index (κ2) is 9.40. The number of hydrogen-bond acceptors (Lipinski definition) is 6. The molecule has 0 saturated carbocycles. The van der Waals surface area contributed by atoms with Crippen LogP contribution in [-0.2, 0) is 0 Å². The van der Waals surface area contributed by atoms with Crippen LogP contribution in [0, 0.1) is 21.4 Å². The molecule has 2 aromatic carbocycles. The summed E-state index contributed by atoms with van der Waals surface area (Å²) in [4.78, 5) is 12.5. The van der Waals surface area contributed by atoms with Gasteiger partial charge in [-0.25, -0.2) is 0 Å². The zero-order chi connectivity index (χ0) is 19.1. The number of azo groups is 1.